The van der Waals surface area contributed by atoms with E-state index in [1.807, 2.05) is 0 Å². The van der Waals surface area contributed by atoms with Crippen LogP contribution in [0.5, 0.6) is 0 Å². The van der Waals surface area contributed by atoms with Gasteiger partial charge in [-0.2, -0.15) is 27.0 Å². The summed E-state index contributed by atoms with van der Waals surface area (Å²) in [7, 11) is 0. The Bertz CT molecular complexity index is 10.9. The molecular weight excluding hydrogens is 224 g/mol. The van der Waals surface area contributed by atoms with Crippen LogP contribution in [0.25, 0.3) is 0 Å². The van der Waals surface area contributed by atoms with Gasteiger partial charge in [-0.1, -0.05) is 0 Å². The molecule has 0 heterocycles. The fourth-order valence-corrected chi connectivity index (χ4v) is 0. The maximum absolute atomic E-state index is 0. The summed E-state index contributed by atoms with van der Waals surface area (Å²) in [6.45, 7) is 0. The zero-order valence-corrected chi connectivity index (χ0v) is 7.14. The van der Waals surface area contributed by atoms with Crippen molar-refractivity contribution in [2.24, 2.45) is 0 Å². The molecule has 3 nitrogen and oxygen atoms in total. The average molecular weight is 228 g/mol. The Morgan fingerprint density at radius 3 is 0.429 bits per heavy atom. The second-order valence-electron chi connectivity index (χ2n) is 0. The predicted molar refractivity (Wildman–Crippen MR) is 22.8 cm³/mol. The van der Waals surface area contributed by atoms with Crippen LogP contribution in [0.4, 0.5) is 0 Å². The average Bonchev–Trinajstić information content (AvgIpc) is 0. The fourth-order valence-electron chi connectivity index (χ4n) is 0. The minimum Gasteiger partial charge on any atom is -2.00 e. The van der Waals surface area contributed by atoms with Gasteiger partial charge in [-0.25, -0.2) is 0 Å². The molecule has 0 aromatic rings. The molecule has 7 heavy (non-hydrogen) atoms. The second-order valence-corrected chi connectivity index (χ2v) is 0. The molecule has 0 N–H and O–H groups in total. The van der Waals surface area contributed by atoms with Gasteiger partial charge in [-0.3, -0.25) is 0 Å². The molecule has 7 heteroatoms. The van der Waals surface area contributed by atoms with Crippen LogP contribution >= 0.6 is 27.0 Å². The van der Waals surface area contributed by atoms with Crippen LogP contribution in [0.3, 0.4) is 0 Å². The summed E-state index contributed by atoms with van der Waals surface area (Å²) in [5.74, 6) is 0. The number of hydrogen-bond acceptors (Lipinski definition) is 0. The summed E-state index contributed by atoms with van der Waals surface area (Å²) in [5, 5.41) is 0. The molecule has 0 spiro atoms. The first-order valence-corrected chi connectivity index (χ1v) is 0. The van der Waals surface area contributed by atoms with Gasteiger partial charge in [0.15, 0.2) is 0 Å². The van der Waals surface area contributed by atoms with E-state index in [0.717, 1.165) is 0 Å². The molecule has 0 saturated carbocycles. The van der Waals surface area contributed by atoms with Gasteiger partial charge in [0, 0.05) is 0 Å². The van der Waals surface area contributed by atoms with E-state index in [1.54, 1.807) is 0 Å². The molecule has 0 rings (SSSR count). The molecule has 0 unspecified atom stereocenters. The van der Waals surface area contributed by atoms with Crippen LogP contribution in [0.2, 0.25) is 0 Å². The van der Waals surface area contributed by atoms with Crippen molar-refractivity contribution >= 4 is 27.0 Å². The van der Waals surface area contributed by atoms with Crippen LogP contribution in [-0.2, 0) is 50.6 Å². The van der Waals surface area contributed by atoms with Crippen molar-refractivity contribution in [3.8, 4) is 0 Å². The standard InChI is InChI=1S/2Fe.3O.2H2S/h;;;;;2*1H2/q2*+3;3*-2;;. The Hall–Kier alpha value is 1.62. The Balaban J connectivity index is 0. The van der Waals surface area contributed by atoms with Crippen LogP contribution in [0.1, 0.15) is 0 Å². The summed E-state index contributed by atoms with van der Waals surface area (Å²) in [5.41, 5.74) is 0. The van der Waals surface area contributed by atoms with Crippen molar-refractivity contribution < 1.29 is 50.6 Å². The zero-order valence-electron chi connectivity index (χ0n) is 2.93. The maximum Gasteiger partial charge on any atom is 3.00 e. The zero-order chi connectivity index (χ0) is 0. The smallest absolute Gasteiger partial charge is 2.00 e. The summed E-state index contributed by atoms with van der Waals surface area (Å²) in [6.07, 6.45) is 0. The van der Waals surface area contributed by atoms with Gasteiger partial charge in [0.1, 0.15) is 0 Å². The van der Waals surface area contributed by atoms with Crippen molar-refractivity contribution in [3.05, 3.63) is 0 Å². The Labute approximate surface area is 77.4 Å². The van der Waals surface area contributed by atoms with E-state index >= 15 is 0 Å². The van der Waals surface area contributed by atoms with Crippen molar-refractivity contribution in [1.82, 2.24) is 0 Å². The van der Waals surface area contributed by atoms with Gasteiger partial charge >= 0.3 is 34.1 Å². The largest absolute Gasteiger partial charge is 3.00 e. The van der Waals surface area contributed by atoms with Crippen molar-refractivity contribution in [1.29, 1.82) is 0 Å². The Kier molecular flexibility index (Phi) is 3470. The number of rotatable bonds is 0. The van der Waals surface area contributed by atoms with Gasteiger partial charge in [0.05, 0.1) is 0 Å². The second kappa shape index (κ2) is 127. The molecular formula is H4Fe2O3S2. The molecule has 0 atom stereocenters. The molecule has 0 bridgehead atoms. The van der Waals surface area contributed by atoms with E-state index in [0.29, 0.717) is 0 Å². The quantitative estimate of drug-likeness (QED) is 0.517. The first-order valence-electron chi connectivity index (χ1n) is 0. The summed E-state index contributed by atoms with van der Waals surface area (Å²) >= 11 is 0. The molecule has 0 aliphatic heterocycles. The normalized spacial score (nSPS) is 0. The van der Waals surface area contributed by atoms with Crippen LogP contribution in [-0.4, -0.2) is 0 Å². The molecule has 0 aromatic heterocycles. The van der Waals surface area contributed by atoms with E-state index < -0.39 is 0 Å². The number of hydrogen-bond donors (Lipinski definition) is 0. The summed E-state index contributed by atoms with van der Waals surface area (Å²) in [4.78, 5) is 0. The van der Waals surface area contributed by atoms with Gasteiger partial charge in [0.2, 0.25) is 0 Å². The molecule has 0 amide bonds. The van der Waals surface area contributed by atoms with E-state index in [-0.39, 0.29) is 77.6 Å². The van der Waals surface area contributed by atoms with Crippen molar-refractivity contribution in [3.63, 3.8) is 0 Å². The summed E-state index contributed by atoms with van der Waals surface area (Å²) < 4.78 is 0. The third kappa shape index (κ3) is 91.8. The van der Waals surface area contributed by atoms with Crippen LogP contribution < -0.4 is 0 Å². The fraction of sp³-hybridized carbons (Fsp3) is 0. The predicted octanol–water partition coefficient (Wildman–Crippen LogP) is -0.136. The molecule has 50 valence electrons. The summed E-state index contributed by atoms with van der Waals surface area (Å²) in [6, 6.07) is 0. The van der Waals surface area contributed by atoms with Crippen LogP contribution in [0.15, 0.2) is 0 Å². The Morgan fingerprint density at radius 2 is 0.429 bits per heavy atom. The Morgan fingerprint density at radius 1 is 0.429 bits per heavy atom. The molecule has 2 radical (unpaired) electrons. The van der Waals surface area contributed by atoms with Gasteiger partial charge in [-0.15, -0.1) is 0 Å². The van der Waals surface area contributed by atoms with E-state index in [2.05, 4.69) is 0 Å². The first-order chi connectivity index (χ1) is 0. The van der Waals surface area contributed by atoms with E-state index in [1.165, 1.54) is 0 Å². The third-order valence-electron chi connectivity index (χ3n) is 0. The van der Waals surface area contributed by atoms with Crippen LogP contribution in [0, 0.1) is 0 Å². The van der Waals surface area contributed by atoms with Gasteiger partial charge in [-0.05, 0) is 0 Å². The molecule has 0 fully saturated rings. The van der Waals surface area contributed by atoms with Crippen molar-refractivity contribution in [2.75, 3.05) is 0 Å². The monoisotopic (exact) mass is 228 g/mol. The first kappa shape index (κ1) is 191. The van der Waals surface area contributed by atoms with Gasteiger partial charge in [0.25, 0.3) is 0 Å². The molecule has 0 saturated heterocycles. The minimum atomic E-state index is 0. The SMILES string of the molecule is S.S.[Fe+3].[Fe+3].[O-2].[O-2].[O-2]. The minimum absolute atomic E-state index is 0. The van der Waals surface area contributed by atoms with Crippen molar-refractivity contribution in [2.45, 2.75) is 0 Å². The topological polar surface area (TPSA) is 85.5 Å². The molecule has 0 aromatic carbocycles. The van der Waals surface area contributed by atoms with E-state index in [9.17, 15) is 0 Å². The van der Waals surface area contributed by atoms with E-state index in [4.69, 9.17) is 0 Å². The van der Waals surface area contributed by atoms with Gasteiger partial charge < -0.3 is 16.4 Å². The third-order valence-corrected chi connectivity index (χ3v) is 0. The molecule has 0 aliphatic carbocycles. The molecule has 0 aliphatic rings. The maximum atomic E-state index is 0.